The Morgan fingerprint density at radius 3 is 2.46 bits per heavy atom. The zero-order chi connectivity index (χ0) is 16.4. The zero-order valence-electron chi connectivity index (χ0n) is 14.8. The first kappa shape index (κ1) is 16.6. The molecule has 0 aromatic heterocycles. The maximum absolute atomic E-state index is 10.7. The number of hydrogen-bond acceptors (Lipinski definition) is 3. The van der Waals surface area contributed by atoms with Crippen LogP contribution in [0.4, 0.5) is 0 Å². The van der Waals surface area contributed by atoms with Gasteiger partial charge < -0.3 is 5.11 Å². The molecule has 4 fully saturated rings. The fourth-order valence-electron chi connectivity index (χ4n) is 5.14. The van der Waals surface area contributed by atoms with Crippen LogP contribution >= 0.6 is 0 Å². The van der Waals surface area contributed by atoms with Gasteiger partial charge in [-0.05, 0) is 37.2 Å². The second-order valence-corrected chi connectivity index (χ2v) is 8.24. The van der Waals surface area contributed by atoms with Gasteiger partial charge in [-0.25, -0.2) is 0 Å². The number of hydrogen-bond donors (Lipinski definition) is 1. The van der Waals surface area contributed by atoms with Gasteiger partial charge in [-0.2, -0.15) is 0 Å². The molecule has 3 heteroatoms. The minimum absolute atomic E-state index is 0.139. The number of nitrogens with zero attached hydrogens (tertiary/aromatic N) is 2. The molecule has 0 spiro atoms. The summed E-state index contributed by atoms with van der Waals surface area (Å²) in [6, 6.07) is 11.8. The summed E-state index contributed by atoms with van der Waals surface area (Å²) in [4.78, 5) is 5.29. The van der Waals surface area contributed by atoms with E-state index in [1.54, 1.807) is 0 Å². The number of piperazine rings is 1. The molecule has 0 radical (unpaired) electrons. The summed E-state index contributed by atoms with van der Waals surface area (Å²) < 4.78 is 0. The summed E-state index contributed by atoms with van der Waals surface area (Å²) in [7, 11) is 0. The Bertz CT molecular complexity index is 514. The molecule has 0 amide bonds. The van der Waals surface area contributed by atoms with Crippen molar-refractivity contribution in [3.05, 3.63) is 35.9 Å². The lowest BCUT2D eigenvalue weighted by Gasteiger charge is -2.46. The molecule has 3 aliphatic heterocycles. The molecular formula is C21H32N2O. The Hall–Kier alpha value is -0.900. The topological polar surface area (TPSA) is 26.7 Å². The van der Waals surface area contributed by atoms with Crippen LogP contribution in [0.25, 0.3) is 0 Å². The second-order valence-electron chi connectivity index (χ2n) is 8.24. The Morgan fingerprint density at radius 2 is 1.67 bits per heavy atom. The first-order chi connectivity index (χ1) is 11.8. The highest BCUT2D eigenvalue weighted by Gasteiger charge is 2.41. The SMILES string of the molecule is O[C@H]1CC[C@H]2CN(CC3CCCCC3)[C@@H]1CN2Cc1ccccc1. The highest BCUT2D eigenvalue weighted by molar-refractivity contribution is 5.15. The van der Waals surface area contributed by atoms with E-state index in [-0.39, 0.29) is 6.10 Å². The largest absolute Gasteiger partial charge is 0.391 e. The Kier molecular flexibility index (Phi) is 5.21. The second kappa shape index (κ2) is 7.55. The molecule has 3 atom stereocenters. The highest BCUT2D eigenvalue weighted by atomic mass is 16.3. The van der Waals surface area contributed by atoms with Crippen molar-refractivity contribution in [3.8, 4) is 0 Å². The van der Waals surface area contributed by atoms with Gasteiger partial charge in [0.2, 0.25) is 0 Å². The first-order valence-electron chi connectivity index (χ1n) is 9.99. The van der Waals surface area contributed by atoms with E-state index in [0.717, 1.165) is 38.4 Å². The third-order valence-electron chi connectivity index (χ3n) is 6.54. The van der Waals surface area contributed by atoms with Gasteiger partial charge in [0.05, 0.1) is 6.10 Å². The summed E-state index contributed by atoms with van der Waals surface area (Å²) >= 11 is 0. The van der Waals surface area contributed by atoms with Crippen molar-refractivity contribution in [2.45, 2.75) is 69.7 Å². The molecule has 1 aliphatic carbocycles. The predicted molar refractivity (Wildman–Crippen MR) is 97.8 cm³/mol. The minimum Gasteiger partial charge on any atom is -0.391 e. The van der Waals surface area contributed by atoms with Crippen LogP contribution in [0.3, 0.4) is 0 Å². The third-order valence-corrected chi connectivity index (χ3v) is 6.54. The minimum atomic E-state index is -0.139. The predicted octanol–water partition coefficient (Wildman–Crippen LogP) is 3.28. The molecule has 3 saturated heterocycles. The smallest absolute Gasteiger partial charge is 0.0708 e. The van der Waals surface area contributed by atoms with Crippen molar-refractivity contribution in [1.82, 2.24) is 9.80 Å². The number of benzene rings is 1. The van der Waals surface area contributed by atoms with Crippen molar-refractivity contribution in [1.29, 1.82) is 0 Å². The van der Waals surface area contributed by atoms with Crippen molar-refractivity contribution < 1.29 is 5.11 Å². The van der Waals surface area contributed by atoms with Crippen LogP contribution in [0.1, 0.15) is 50.5 Å². The van der Waals surface area contributed by atoms with Gasteiger partial charge in [-0.3, -0.25) is 9.80 Å². The van der Waals surface area contributed by atoms with Crippen LogP contribution in [0.2, 0.25) is 0 Å². The van der Waals surface area contributed by atoms with Gasteiger partial charge in [-0.15, -0.1) is 0 Å². The van der Waals surface area contributed by atoms with Crippen LogP contribution in [0.5, 0.6) is 0 Å². The maximum Gasteiger partial charge on any atom is 0.0708 e. The van der Waals surface area contributed by atoms with E-state index in [0.29, 0.717) is 12.1 Å². The summed E-state index contributed by atoms with van der Waals surface area (Å²) in [5.41, 5.74) is 1.40. The lowest BCUT2D eigenvalue weighted by atomic mass is 9.88. The van der Waals surface area contributed by atoms with Gasteiger partial charge in [0, 0.05) is 38.3 Å². The van der Waals surface area contributed by atoms with Gasteiger partial charge in [0.15, 0.2) is 0 Å². The molecule has 3 heterocycles. The van der Waals surface area contributed by atoms with E-state index in [9.17, 15) is 5.11 Å². The highest BCUT2D eigenvalue weighted by Crippen LogP contribution is 2.32. The Morgan fingerprint density at radius 1 is 0.875 bits per heavy atom. The summed E-state index contributed by atoms with van der Waals surface area (Å²) in [5.74, 6) is 0.868. The van der Waals surface area contributed by atoms with Crippen LogP contribution in [0, 0.1) is 5.92 Å². The number of fused-ring (bicyclic) bond motifs is 4. The number of aliphatic hydroxyl groups is 1. The normalized spacial score (nSPS) is 32.8. The number of rotatable bonds is 4. The molecule has 3 nitrogen and oxygen atoms in total. The van der Waals surface area contributed by atoms with Crippen molar-refractivity contribution >= 4 is 0 Å². The molecule has 1 aromatic carbocycles. The standard InChI is InChI=1S/C21H32N2O/c24-21-12-11-19-15-23(14-18-9-5-2-6-10-18)20(21)16-22(19)13-17-7-3-1-4-8-17/h1,3-4,7-8,18-21,24H,2,5-6,9-16H2/t19-,20+,21-/m0/s1. The lowest BCUT2D eigenvalue weighted by Crippen LogP contribution is -2.59. The third kappa shape index (κ3) is 3.68. The molecule has 4 aliphatic rings. The van der Waals surface area contributed by atoms with E-state index in [1.165, 1.54) is 44.2 Å². The van der Waals surface area contributed by atoms with Gasteiger partial charge in [0.1, 0.15) is 0 Å². The quantitative estimate of drug-likeness (QED) is 0.919. The molecule has 132 valence electrons. The monoisotopic (exact) mass is 328 g/mol. The molecule has 5 rings (SSSR count). The maximum atomic E-state index is 10.7. The van der Waals surface area contributed by atoms with E-state index < -0.39 is 0 Å². The van der Waals surface area contributed by atoms with E-state index in [1.807, 2.05) is 0 Å². The average Bonchev–Trinajstić information content (AvgIpc) is 2.86. The summed E-state index contributed by atoms with van der Waals surface area (Å²) in [6.07, 6.45) is 9.03. The Balaban J connectivity index is 1.43. The van der Waals surface area contributed by atoms with Gasteiger partial charge in [0.25, 0.3) is 0 Å². The zero-order valence-corrected chi connectivity index (χ0v) is 14.8. The molecular weight excluding hydrogens is 296 g/mol. The van der Waals surface area contributed by atoms with Crippen LogP contribution in [0.15, 0.2) is 30.3 Å². The molecule has 0 unspecified atom stereocenters. The number of aliphatic hydroxyl groups excluding tert-OH is 1. The first-order valence-corrected chi connectivity index (χ1v) is 9.99. The molecule has 1 N–H and O–H groups in total. The van der Waals surface area contributed by atoms with Crippen molar-refractivity contribution in [2.75, 3.05) is 19.6 Å². The van der Waals surface area contributed by atoms with Crippen molar-refractivity contribution in [3.63, 3.8) is 0 Å². The van der Waals surface area contributed by atoms with Gasteiger partial charge in [-0.1, -0.05) is 49.6 Å². The van der Waals surface area contributed by atoms with Gasteiger partial charge >= 0.3 is 0 Å². The van der Waals surface area contributed by atoms with E-state index in [2.05, 4.69) is 40.1 Å². The fourth-order valence-corrected chi connectivity index (χ4v) is 5.14. The summed E-state index contributed by atoms with van der Waals surface area (Å²) in [5, 5.41) is 10.7. The Labute approximate surface area is 146 Å². The lowest BCUT2D eigenvalue weighted by molar-refractivity contribution is -0.0167. The summed E-state index contributed by atoms with van der Waals surface area (Å²) in [6.45, 7) is 4.45. The van der Waals surface area contributed by atoms with Crippen molar-refractivity contribution in [2.24, 2.45) is 5.92 Å². The molecule has 1 aromatic rings. The van der Waals surface area contributed by atoms with Crippen LogP contribution in [-0.2, 0) is 6.54 Å². The molecule has 24 heavy (non-hydrogen) atoms. The van der Waals surface area contributed by atoms with E-state index >= 15 is 0 Å². The van der Waals surface area contributed by atoms with Crippen LogP contribution < -0.4 is 0 Å². The molecule has 2 bridgehead atoms. The fraction of sp³-hybridized carbons (Fsp3) is 0.714. The van der Waals surface area contributed by atoms with Crippen LogP contribution in [-0.4, -0.2) is 52.7 Å². The molecule has 1 saturated carbocycles. The average molecular weight is 328 g/mol. The van der Waals surface area contributed by atoms with E-state index in [4.69, 9.17) is 0 Å².